The molecule has 0 unspecified atom stereocenters. The van der Waals surface area contributed by atoms with Gasteiger partial charge in [-0.25, -0.2) is 0 Å². The van der Waals surface area contributed by atoms with Crippen molar-refractivity contribution in [2.24, 2.45) is 0 Å². The van der Waals surface area contributed by atoms with Crippen molar-refractivity contribution in [3.05, 3.63) is 193 Å². The lowest BCUT2D eigenvalue weighted by atomic mass is 9.83. The molecule has 0 heteroatoms. The highest BCUT2D eigenvalue weighted by Crippen LogP contribution is 2.47. The second-order valence-corrected chi connectivity index (χ2v) is 10.8. The zero-order chi connectivity index (χ0) is 60.0. The fourth-order valence-corrected chi connectivity index (χ4v) is 5.88. The largest absolute Gasteiger partial charge is 0.0636 e. The molecule has 0 bridgehead atoms. The van der Waals surface area contributed by atoms with E-state index >= 15 is 0 Å². The minimum absolute atomic E-state index is 0.461. The fraction of sp³-hybridized carbons (Fsp3) is 0. The Morgan fingerprint density at radius 3 is 1.60 bits per heavy atom. The van der Waals surface area contributed by atoms with Crippen LogP contribution in [0.4, 0.5) is 0 Å². The molecule has 0 aliphatic carbocycles. The Hall–Kier alpha value is -6.50. The van der Waals surface area contributed by atoms with Crippen molar-refractivity contribution in [1.29, 1.82) is 0 Å². The molecule has 0 radical (unpaired) electrons. The van der Waals surface area contributed by atoms with Gasteiger partial charge in [-0.1, -0.05) is 181 Å². The van der Waals surface area contributed by atoms with Crippen LogP contribution in [-0.2, 0) is 0 Å². The topological polar surface area (TPSA) is 0 Å². The maximum atomic E-state index is 10.3. The normalized spacial score (nSPS) is 20.3. The van der Waals surface area contributed by atoms with Gasteiger partial charge in [0.25, 0.3) is 0 Å². The first kappa shape index (κ1) is 11.3. The summed E-state index contributed by atoms with van der Waals surface area (Å²) in [7, 11) is 0. The highest BCUT2D eigenvalue weighted by Gasteiger charge is 2.19. The van der Waals surface area contributed by atoms with Gasteiger partial charge < -0.3 is 0 Å². The third kappa shape index (κ3) is 4.61. The maximum Gasteiger partial charge on any atom is 0.0636 e. The summed E-state index contributed by atoms with van der Waals surface area (Å²) in [6.45, 7) is 0. The summed E-state index contributed by atoms with van der Waals surface area (Å²) < 4.78 is 282. The molecule has 0 nitrogen and oxygen atoms in total. The van der Waals surface area contributed by atoms with Gasteiger partial charge in [0, 0.05) is 0 Å². The molecule has 0 N–H and O–H groups in total. The summed E-state index contributed by atoms with van der Waals surface area (Å²) in [6.07, 6.45) is 0. The van der Waals surface area contributed by atoms with Crippen LogP contribution in [-0.4, -0.2) is 0 Å². The van der Waals surface area contributed by atoms with Gasteiger partial charge in [0.2, 0.25) is 0 Å². The molecule has 0 atom stereocenters. The Morgan fingerprint density at radius 1 is 0.260 bits per heavy atom. The average molecular weight is 664 g/mol. The van der Waals surface area contributed by atoms with E-state index in [0.717, 1.165) is 6.07 Å². The molecule has 0 spiro atoms. The van der Waals surface area contributed by atoms with Gasteiger partial charge in [-0.3, -0.25) is 0 Å². The Balaban J connectivity index is 1.55. The molecule has 10 aromatic carbocycles. The summed E-state index contributed by atoms with van der Waals surface area (Å²) in [6, 6.07) is -29.2. The van der Waals surface area contributed by atoms with Crippen LogP contribution in [0.25, 0.3) is 98.4 Å². The number of hydrogen-bond acceptors (Lipinski definition) is 0. The van der Waals surface area contributed by atoms with Crippen LogP contribution in [0.15, 0.2) is 193 Å². The molecule has 0 fully saturated rings. The standard InChI is InChI=1S/C50H32/c1-2-14-38-31-39(28-25-33(38)11-1)34-23-26-37(27-24-34)49-45-19-7-8-20-46(45)50(44-22-10-16-36-13-4-6-18-42(36)44)47-30-29-40(32-48(47)49)43-21-9-15-35-12-3-5-17-41(35)43/h1-32H/i1D,2D,3D,4D,5D,6D,7D,8D,9D,10D,11D,12D,13D,14D,15D,16D,17D,19D,20D,21D,22D,23D,24D,25D,26D,27D,28D,29D,30D,31D,32D. The van der Waals surface area contributed by atoms with E-state index in [-0.39, 0.29) is 0 Å². The molecule has 10 aromatic rings. The van der Waals surface area contributed by atoms with Gasteiger partial charge in [-0.05, 0) is 110 Å². The first-order valence-electron chi connectivity index (χ1n) is 30.3. The van der Waals surface area contributed by atoms with Gasteiger partial charge in [0.1, 0.15) is 0 Å². The Morgan fingerprint density at radius 2 is 0.800 bits per heavy atom. The van der Waals surface area contributed by atoms with Crippen LogP contribution in [0, 0.1) is 0 Å². The molecule has 0 aliphatic heterocycles. The maximum absolute atomic E-state index is 10.3. The van der Waals surface area contributed by atoms with E-state index in [2.05, 4.69) is 0 Å². The molecule has 232 valence electrons. The number of rotatable bonds is 4. The minimum Gasteiger partial charge on any atom is -0.0616 e. The highest BCUT2D eigenvalue weighted by molar-refractivity contribution is 6.24. The molecular weight excluding hydrogens is 601 g/mol. The van der Waals surface area contributed by atoms with Crippen molar-refractivity contribution in [2.45, 2.75) is 0 Å². The number of fused-ring (bicyclic) bond motifs is 5. The monoisotopic (exact) mass is 663 g/mol. The lowest BCUT2D eigenvalue weighted by molar-refractivity contribution is 1.62. The van der Waals surface area contributed by atoms with E-state index < -0.39 is 286 Å². The minimum atomic E-state index is -1.19. The third-order valence-corrected chi connectivity index (χ3v) is 8.08. The van der Waals surface area contributed by atoms with Crippen LogP contribution >= 0.6 is 0 Å². The van der Waals surface area contributed by atoms with E-state index in [9.17, 15) is 16.4 Å². The van der Waals surface area contributed by atoms with Gasteiger partial charge in [-0.15, -0.1) is 0 Å². The zero-order valence-electron chi connectivity index (χ0n) is 56.1. The summed E-state index contributed by atoms with van der Waals surface area (Å²) in [5.74, 6) is 0. The Kier molecular flexibility index (Phi) is 2.61. The van der Waals surface area contributed by atoms with Crippen molar-refractivity contribution in [2.75, 3.05) is 0 Å². The van der Waals surface area contributed by atoms with Crippen molar-refractivity contribution in [3.8, 4) is 44.5 Å². The van der Waals surface area contributed by atoms with Crippen molar-refractivity contribution in [3.63, 3.8) is 0 Å². The first-order valence-corrected chi connectivity index (χ1v) is 14.8. The second kappa shape index (κ2) is 11.6. The van der Waals surface area contributed by atoms with Gasteiger partial charge >= 0.3 is 0 Å². The lowest BCUT2D eigenvalue weighted by Crippen LogP contribution is -1.93. The quantitative estimate of drug-likeness (QED) is 0.164. The molecule has 0 heterocycles. The third-order valence-electron chi connectivity index (χ3n) is 8.08. The predicted molar refractivity (Wildman–Crippen MR) is 216 cm³/mol. The average Bonchev–Trinajstić information content (AvgIpc) is 2.96. The Bertz CT molecular complexity index is 4650. The highest BCUT2D eigenvalue weighted by atomic mass is 14.2. The fourth-order valence-electron chi connectivity index (χ4n) is 5.88. The molecule has 0 amide bonds. The second-order valence-electron chi connectivity index (χ2n) is 10.8. The lowest BCUT2D eigenvalue weighted by Gasteiger charge is -2.20. The SMILES string of the molecule is [2H]c1cc2c(-c3c4c([2H])c([2H])c([2H])c([2H])c4c(-c4c([2H])c([2H])c(-c5c([2H])c([2H])c6c([2H])c([2H])c([2H])c([2H])c6c5[2H])c([2H])c4[2H])c4c([2H])c(-c5c([2H])c([2H])c([2H])c6c([2H])c([2H])c([2H])c([2H])c56)c([2H])c([2H])c34)c([2H])c([2H])c([2H])c2c([2H])c1[2H]. The van der Waals surface area contributed by atoms with E-state index in [1.807, 2.05) is 0 Å². The molecule has 0 saturated carbocycles. The first-order chi connectivity index (χ1) is 37.7. The number of hydrogen-bond donors (Lipinski definition) is 0. The van der Waals surface area contributed by atoms with Crippen LogP contribution in [0.1, 0.15) is 42.5 Å². The van der Waals surface area contributed by atoms with Crippen LogP contribution in [0.2, 0.25) is 0 Å². The molecule has 10 rings (SSSR count). The molecular formula is C50H32. The zero-order valence-corrected chi connectivity index (χ0v) is 25.1. The summed E-state index contributed by atoms with van der Waals surface area (Å²) >= 11 is 0. The molecule has 0 saturated heterocycles. The van der Waals surface area contributed by atoms with E-state index in [1.165, 1.54) is 0 Å². The predicted octanol–water partition coefficient (Wildman–Crippen LogP) is 14.1. The van der Waals surface area contributed by atoms with E-state index in [1.54, 1.807) is 0 Å². The van der Waals surface area contributed by atoms with E-state index in [0.29, 0.717) is 0 Å². The molecule has 50 heavy (non-hydrogen) atoms. The summed E-state index contributed by atoms with van der Waals surface area (Å²) in [4.78, 5) is 0. The van der Waals surface area contributed by atoms with Gasteiger partial charge in [-0.2, -0.15) is 0 Å². The van der Waals surface area contributed by atoms with Crippen molar-refractivity contribution >= 4 is 53.9 Å². The van der Waals surface area contributed by atoms with Gasteiger partial charge in [0.05, 0.1) is 42.5 Å². The van der Waals surface area contributed by atoms with Crippen LogP contribution in [0.5, 0.6) is 0 Å². The van der Waals surface area contributed by atoms with Crippen molar-refractivity contribution < 1.29 is 42.5 Å². The van der Waals surface area contributed by atoms with Crippen LogP contribution in [0.3, 0.4) is 0 Å². The summed E-state index contributed by atoms with van der Waals surface area (Å²) in [5.41, 5.74) is -6.76. The van der Waals surface area contributed by atoms with Gasteiger partial charge in [0.15, 0.2) is 0 Å². The summed E-state index contributed by atoms with van der Waals surface area (Å²) in [5, 5.41) is -6.93. The molecule has 0 aliphatic rings. The molecule has 0 aromatic heterocycles. The Labute approximate surface area is 335 Å². The smallest absolute Gasteiger partial charge is 0.0616 e. The number of benzene rings is 10. The van der Waals surface area contributed by atoms with E-state index in [4.69, 9.17) is 26.0 Å². The van der Waals surface area contributed by atoms with Crippen LogP contribution < -0.4 is 0 Å². The van der Waals surface area contributed by atoms with Crippen molar-refractivity contribution in [1.82, 2.24) is 0 Å².